The lowest BCUT2D eigenvalue weighted by Gasteiger charge is -2.21. The van der Waals surface area contributed by atoms with Crippen LogP contribution >= 0.6 is 0 Å². The number of carboxylic acids is 1. The molecule has 2 rings (SSSR count). The molecule has 1 amide bonds. The molecule has 1 heterocycles. The number of nitrogens with zero attached hydrogens (tertiary/aromatic N) is 2. The molecule has 0 saturated heterocycles. The van der Waals surface area contributed by atoms with Crippen LogP contribution in [0.2, 0.25) is 0 Å². The van der Waals surface area contributed by atoms with Crippen molar-refractivity contribution in [2.24, 2.45) is 0 Å². The predicted octanol–water partition coefficient (Wildman–Crippen LogP) is 2.44. The van der Waals surface area contributed by atoms with Crippen LogP contribution in [0.15, 0.2) is 48.7 Å². The van der Waals surface area contributed by atoms with Crippen LogP contribution in [0.5, 0.6) is 0 Å². The van der Waals surface area contributed by atoms with Crippen LogP contribution < -0.4 is 0 Å². The van der Waals surface area contributed by atoms with Gasteiger partial charge in [-0.25, -0.2) is 4.79 Å². The molecule has 0 fully saturated rings. The van der Waals surface area contributed by atoms with E-state index in [1.54, 1.807) is 29.3 Å². The Morgan fingerprint density at radius 2 is 1.76 bits per heavy atom. The van der Waals surface area contributed by atoms with Crippen LogP contribution in [0, 0.1) is 0 Å². The first-order valence-corrected chi connectivity index (χ1v) is 6.65. The second-order valence-corrected chi connectivity index (χ2v) is 4.49. The van der Waals surface area contributed by atoms with Gasteiger partial charge in [-0.05, 0) is 31.2 Å². The zero-order chi connectivity index (χ0) is 15.2. The van der Waals surface area contributed by atoms with E-state index in [1.807, 2.05) is 19.1 Å². The van der Waals surface area contributed by atoms with Crippen molar-refractivity contribution < 1.29 is 14.7 Å². The Morgan fingerprint density at radius 1 is 1.10 bits per heavy atom. The molecule has 0 bridgehead atoms. The molecule has 0 aliphatic carbocycles. The van der Waals surface area contributed by atoms with E-state index in [4.69, 9.17) is 0 Å². The van der Waals surface area contributed by atoms with E-state index in [0.717, 1.165) is 5.69 Å². The first kappa shape index (κ1) is 14.7. The normalized spacial score (nSPS) is 10.1. The molecule has 1 aromatic heterocycles. The van der Waals surface area contributed by atoms with Gasteiger partial charge in [-0.3, -0.25) is 9.78 Å². The number of amides is 1. The number of rotatable bonds is 5. The van der Waals surface area contributed by atoms with Crippen molar-refractivity contribution in [3.63, 3.8) is 0 Å². The molecule has 1 aromatic carbocycles. The van der Waals surface area contributed by atoms with Gasteiger partial charge in [0.05, 0.1) is 23.4 Å². The van der Waals surface area contributed by atoms with Gasteiger partial charge in [0, 0.05) is 12.7 Å². The van der Waals surface area contributed by atoms with Crippen LogP contribution in [0.25, 0.3) is 0 Å². The standard InChI is InChI=1S/C16H16N2O3/c1-2-18(11-12-7-5-6-10-17-12)15(19)13-8-3-4-9-14(13)16(20)21/h3-10H,2,11H2,1H3,(H,20,21). The molecule has 0 aliphatic rings. The van der Waals surface area contributed by atoms with Gasteiger partial charge in [-0.15, -0.1) is 0 Å². The fourth-order valence-electron chi connectivity index (χ4n) is 2.04. The minimum Gasteiger partial charge on any atom is -0.478 e. The van der Waals surface area contributed by atoms with Crippen LogP contribution in [0.1, 0.15) is 33.3 Å². The molecule has 0 unspecified atom stereocenters. The lowest BCUT2D eigenvalue weighted by Crippen LogP contribution is -2.31. The Labute approximate surface area is 122 Å². The average molecular weight is 284 g/mol. The van der Waals surface area contributed by atoms with E-state index in [9.17, 15) is 14.7 Å². The van der Waals surface area contributed by atoms with Crippen molar-refractivity contribution in [1.29, 1.82) is 0 Å². The second kappa shape index (κ2) is 6.65. The summed E-state index contributed by atoms with van der Waals surface area (Å²) in [7, 11) is 0. The van der Waals surface area contributed by atoms with E-state index in [0.29, 0.717) is 13.1 Å². The van der Waals surface area contributed by atoms with E-state index < -0.39 is 5.97 Å². The molecule has 2 aromatic rings. The van der Waals surface area contributed by atoms with Crippen molar-refractivity contribution in [2.75, 3.05) is 6.54 Å². The first-order valence-electron chi connectivity index (χ1n) is 6.65. The smallest absolute Gasteiger partial charge is 0.336 e. The monoisotopic (exact) mass is 284 g/mol. The summed E-state index contributed by atoms with van der Waals surface area (Å²) in [6, 6.07) is 11.7. The van der Waals surface area contributed by atoms with Crippen LogP contribution in [-0.2, 0) is 6.54 Å². The van der Waals surface area contributed by atoms with Crippen LogP contribution in [-0.4, -0.2) is 33.4 Å². The molecular weight excluding hydrogens is 268 g/mol. The van der Waals surface area contributed by atoms with Crippen molar-refractivity contribution in [1.82, 2.24) is 9.88 Å². The van der Waals surface area contributed by atoms with E-state index in [-0.39, 0.29) is 17.0 Å². The van der Waals surface area contributed by atoms with E-state index >= 15 is 0 Å². The Hall–Kier alpha value is -2.69. The molecule has 1 N–H and O–H groups in total. The molecule has 5 nitrogen and oxygen atoms in total. The Balaban J connectivity index is 2.27. The minimum absolute atomic E-state index is 0.0157. The number of benzene rings is 1. The fourth-order valence-corrected chi connectivity index (χ4v) is 2.04. The number of aromatic nitrogens is 1. The van der Waals surface area contributed by atoms with Gasteiger partial charge in [0.25, 0.3) is 5.91 Å². The first-order chi connectivity index (χ1) is 10.1. The van der Waals surface area contributed by atoms with Crippen LogP contribution in [0.3, 0.4) is 0 Å². The van der Waals surface area contributed by atoms with Gasteiger partial charge in [-0.2, -0.15) is 0 Å². The Morgan fingerprint density at radius 3 is 2.33 bits per heavy atom. The highest BCUT2D eigenvalue weighted by Crippen LogP contribution is 2.13. The highest BCUT2D eigenvalue weighted by Gasteiger charge is 2.20. The largest absolute Gasteiger partial charge is 0.478 e. The second-order valence-electron chi connectivity index (χ2n) is 4.49. The van der Waals surface area contributed by atoms with Crippen LogP contribution in [0.4, 0.5) is 0 Å². The summed E-state index contributed by atoms with van der Waals surface area (Å²) in [5.74, 6) is -1.41. The molecule has 21 heavy (non-hydrogen) atoms. The summed E-state index contributed by atoms with van der Waals surface area (Å²) in [5, 5.41) is 9.18. The number of hydrogen-bond donors (Lipinski definition) is 1. The Bertz CT molecular complexity index is 641. The SMILES string of the molecule is CCN(Cc1ccccn1)C(=O)c1ccccc1C(=O)O. The lowest BCUT2D eigenvalue weighted by atomic mass is 10.1. The van der Waals surface area contributed by atoms with Crippen molar-refractivity contribution >= 4 is 11.9 Å². The molecule has 0 radical (unpaired) electrons. The third-order valence-electron chi connectivity index (χ3n) is 3.14. The van der Waals surface area contributed by atoms with Gasteiger partial charge in [-0.1, -0.05) is 18.2 Å². The van der Waals surface area contributed by atoms with E-state index in [1.165, 1.54) is 12.1 Å². The number of carbonyl (C=O) groups is 2. The van der Waals surface area contributed by atoms with Crippen molar-refractivity contribution in [3.05, 3.63) is 65.5 Å². The lowest BCUT2D eigenvalue weighted by molar-refractivity contribution is 0.0674. The average Bonchev–Trinajstić information content (AvgIpc) is 2.53. The van der Waals surface area contributed by atoms with Gasteiger partial charge in [0.1, 0.15) is 0 Å². The zero-order valence-electron chi connectivity index (χ0n) is 11.7. The zero-order valence-corrected chi connectivity index (χ0v) is 11.7. The maximum Gasteiger partial charge on any atom is 0.336 e. The van der Waals surface area contributed by atoms with Gasteiger partial charge in [0.2, 0.25) is 0 Å². The quantitative estimate of drug-likeness (QED) is 0.915. The van der Waals surface area contributed by atoms with E-state index in [2.05, 4.69) is 4.98 Å². The Kier molecular flexibility index (Phi) is 4.66. The van der Waals surface area contributed by atoms with Gasteiger partial charge in [0.15, 0.2) is 0 Å². The molecule has 0 spiro atoms. The molecule has 0 saturated carbocycles. The van der Waals surface area contributed by atoms with Crippen molar-refractivity contribution in [3.8, 4) is 0 Å². The summed E-state index contributed by atoms with van der Waals surface area (Å²) in [5.41, 5.74) is 0.977. The summed E-state index contributed by atoms with van der Waals surface area (Å²) in [6.45, 7) is 2.68. The third kappa shape index (κ3) is 3.45. The minimum atomic E-state index is -1.10. The third-order valence-corrected chi connectivity index (χ3v) is 3.14. The maximum absolute atomic E-state index is 12.5. The van der Waals surface area contributed by atoms with Gasteiger partial charge < -0.3 is 10.0 Å². The summed E-state index contributed by atoms with van der Waals surface area (Å²) in [6.07, 6.45) is 1.67. The number of hydrogen-bond acceptors (Lipinski definition) is 3. The molecule has 0 atom stereocenters. The number of aromatic carboxylic acids is 1. The topological polar surface area (TPSA) is 70.5 Å². The predicted molar refractivity (Wildman–Crippen MR) is 78.1 cm³/mol. The summed E-state index contributed by atoms with van der Waals surface area (Å²) < 4.78 is 0. The number of carbonyl (C=O) groups excluding carboxylic acids is 1. The summed E-state index contributed by atoms with van der Waals surface area (Å²) >= 11 is 0. The molecule has 5 heteroatoms. The highest BCUT2D eigenvalue weighted by atomic mass is 16.4. The fraction of sp³-hybridized carbons (Fsp3) is 0.188. The van der Waals surface area contributed by atoms with Gasteiger partial charge >= 0.3 is 5.97 Å². The maximum atomic E-state index is 12.5. The van der Waals surface area contributed by atoms with Crippen molar-refractivity contribution in [2.45, 2.75) is 13.5 Å². The highest BCUT2D eigenvalue weighted by molar-refractivity contribution is 6.04. The molecular formula is C16H16N2O3. The molecule has 0 aliphatic heterocycles. The molecule has 108 valence electrons. The number of pyridine rings is 1. The summed E-state index contributed by atoms with van der Waals surface area (Å²) in [4.78, 5) is 29.5. The number of carboxylic acid groups (broad SMARTS) is 1.